The third kappa shape index (κ3) is 3.84. The maximum absolute atomic E-state index is 12.2. The summed E-state index contributed by atoms with van der Waals surface area (Å²) < 4.78 is 5.47. The summed E-state index contributed by atoms with van der Waals surface area (Å²) in [5.74, 6) is 0.958. The zero-order valence-corrected chi connectivity index (χ0v) is 11.9. The van der Waals surface area contributed by atoms with E-state index in [1.807, 2.05) is 25.1 Å². The summed E-state index contributed by atoms with van der Waals surface area (Å²) in [6.07, 6.45) is 3.73. The molecule has 1 aliphatic heterocycles. The Hall–Kier alpha value is -1.81. The van der Waals surface area contributed by atoms with Gasteiger partial charge >= 0.3 is 0 Å². The number of hydrogen-bond donors (Lipinski definition) is 2. The molecule has 1 aromatic rings. The molecule has 0 aliphatic carbocycles. The standard InChI is InChI=1S/C16H22N2O2/c1-3-9-20-14-6-7-15(12(2)10-14)18-16(19)13-5-4-8-17-11-13/h3,6-7,10,13,17H,1,4-5,8-9,11H2,2H3,(H,18,19). The van der Waals surface area contributed by atoms with Crippen LogP contribution in [0, 0.1) is 12.8 Å². The second kappa shape index (κ2) is 7.10. The van der Waals surface area contributed by atoms with Crippen molar-refractivity contribution in [1.82, 2.24) is 5.32 Å². The van der Waals surface area contributed by atoms with Crippen molar-refractivity contribution in [2.24, 2.45) is 5.92 Å². The molecule has 1 aromatic carbocycles. The maximum atomic E-state index is 12.2. The van der Waals surface area contributed by atoms with E-state index in [2.05, 4.69) is 17.2 Å². The van der Waals surface area contributed by atoms with E-state index < -0.39 is 0 Å². The molecule has 1 aliphatic rings. The molecule has 4 nitrogen and oxygen atoms in total. The molecule has 2 N–H and O–H groups in total. The van der Waals surface area contributed by atoms with Crippen LogP contribution in [0.1, 0.15) is 18.4 Å². The van der Waals surface area contributed by atoms with Crippen molar-refractivity contribution in [3.63, 3.8) is 0 Å². The number of anilines is 1. The number of hydrogen-bond acceptors (Lipinski definition) is 3. The average molecular weight is 274 g/mol. The molecular formula is C16H22N2O2. The number of carbonyl (C=O) groups is 1. The van der Waals surface area contributed by atoms with Crippen molar-refractivity contribution in [3.05, 3.63) is 36.4 Å². The molecular weight excluding hydrogens is 252 g/mol. The fourth-order valence-electron chi connectivity index (χ4n) is 2.33. The number of piperidine rings is 1. The molecule has 1 saturated heterocycles. The average Bonchev–Trinajstić information content (AvgIpc) is 2.48. The molecule has 1 unspecified atom stereocenters. The smallest absolute Gasteiger partial charge is 0.228 e. The van der Waals surface area contributed by atoms with Gasteiger partial charge in [-0.05, 0) is 50.1 Å². The van der Waals surface area contributed by atoms with Gasteiger partial charge in [0.2, 0.25) is 5.91 Å². The first-order chi connectivity index (χ1) is 9.70. The third-order valence-corrected chi connectivity index (χ3v) is 3.49. The minimum absolute atomic E-state index is 0.0693. The number of carbonyl (C=O) groups excluding carboxylic acids is 1. The van der Waals surface area contributed by atoms with E-state index in [9.17, 15) is 4.79 Å². The Balaban J connectivity index is 1.98. The van der Waals surface area contributed by atoms with Crippen molar-refractivity contribution in [2.45, 2.75) is 19.8 Å². The van der Waals surface area contributed by atoms with Gasteiger partial charge in [0.05, 0.1) is 5.92 Å². The highest BCUT2D eigenvalue weighted by Gasteiger charge is 2.21. The monoisotopic (exact) mass is 274 g/mol. The highest BCUT2D eigenvalue weighted by Crippen LogP contribution is 2.22. The maximum Gasteiger partial charge on any atom is 0.228 e. The quantitative estimate of drug-likeness (QED) is 0.811. The molecule has 0 radical (unpaired) electrons. The van der Waals surface area contributed by atoms with Crippen LogP contribution < -0.4 is 15.4 Å². The zero-order chi connectivity index (χ0) is 14.4. The van der Waals surface area contributed by atoms with Gasteiger partial charge in [-0.15, -0.1) is 0 Å². The lowest BCUT2D eigenvalue weighted by Gasteiger charge is -2.22. The molecule has 20 heavy (non-hydrogen) atoms. The van der Waals surface area contributed by atoms with E-state index in [1.54, 1.807) is 6.08 Å². The molecule has 1 fully saturated rings. The van der Waals surface area contributed by atoms with Gasteiger partial charge in [-0.3, -0.25) is 4.79 Å². The summed E-state index contributed by atoms with van der Waals surface area (Å²) in [4.78, 5) is 12.2. The van der Waals surface area contributed by atoms with Crippen LogP contribution in [0.4, 0.5) is 5.69 Å². The Labute approximate surface area is 120 Å². The van der Waals surface area contributed by atoms with Crippen LogP contribution >= 0.6 is 0 Å². The molecule has 0 spiro atoms. The van der Waals surface area contributed by atoms with E-state index in [0.717, 1.165) is 42.9 Å². The Morgan fingerprint density at radius 3 is 3.10 bits per heavy atom. The van der Waals surface area contributed by atoms with Crippen LogP contribution in [-0.4, -0.2) is 25.6 Å². The predicted octanol–water partition coefficient (Wildman–Crippen LogP) is 2.50. The van der Waals surface area contributed by atoms with Crippen LogP contribution in [0.15, 0.2) is 30.9 Å². The second-order valence-electron chi connectivity index (χ2n) is 5.11. The number of rotatable bonds is 5. The Morgan fingerprint density at radius 1 is 1.60 bits per heavy atom. The molecule has 0 saturated carbocycles. The lowest BCUT2D eigenvalue weighted by molar-refractivity contribution is -0.120. The lowest BCUT2D eigenvalue weighted by Crippen LogP contribution is -2.37. The first-order valence-electron chi connectivity index (χ1n) is 7.06. The van der Waals surface area contributed by atoms with Gasteiger partial charge in [0.25, 0.3) is 0 Å². The number of ether oxygens (including phenoxy) is 1. The van der Waals surface area contributed by atoms with Gasteiger partial charge in [-0.1, -0.05) is 12.7 Å². The largest absolute Gasteiger partial charge is 0.490 e. The number of amides is 1. The van der Waals surface area contributed by atoms with Crippen LogP contribution in [0.5, 0.6) is 5.75 Å². The zero-order valence-electron chi connectivity index (χ0n) is 11.9. The Kier molecular flexibility index (Phi) is 5.18. The van der Waals surface area contributed by atoms with E-state index in [1.165, 1.54) is 0 Å². The molecule has 1 atom stereocenters. The van der Waals surface area contributed by atoms with Crippen LogP contribution in [0.25, 0.3) is 0 Å². The summed E-state index contributed by atoms with van der Waals surface area (Å²) in [5.41, 5.74) is 1.86. The molecule has 1 amide bonds. The normalized spacial score (nSPS) is 18.4. The van der Waals surface area contributed by atoms with Gasteiger partial charge in [0.1, 0.15) is 12.4 Å². The van der Waals surface area contributed by atoms with E-state index in [0.29, 0.717) is 6.61 Å². The van der Waals surface area contributed by atoms with Crippen molar-refractivity contribution in [3.8, 4) is 5.75 Å². The summed E-state index contributed by atoms with van der Waals surface area (Å²) in [6, 6.07) is 5.69. The Morgan fingerprint density at radius 2 is 2.45 bits per heavy atom. The highest BCUT2D eigenvalue weighted by atomic mass is 16.5. The molecule has 4 heteroatoms. The number of benzene rings is 1. The second-order valence-corrected chi connectivity index (χ2v) is 5.11. The van der Waals surface area contributed by atoms with E-state index >= 15 is 0 Å². The highest BCUT2D eigenvalue weighted by molar-refractivity contribution is 5.93. The first-order valence-corrected chi connectivity index (χ1v) is 7.06. The molecule has 108 valence electrons. The predicted molar refractivity (Wildman–Crippen MR) is 81.1 cm³/mol. The third-order valence-electron chi connectivity index (χ3n) is 3.49. The minimum atomic E-state index is 0.0693. The fraction of sp³-hybridized carbons (Fsp3) is 0.438. The van der Waals surface area contributed by atoms with Crippen molar-refractivity contribution >= 4 is 11.6 Å². The molecule has 1 heterocycles. The summed E-state index contributed by atoms with van der Waals surface area (Å²) in [7, 11) is 0. The van der Waals surface area contributed by atoms with Crippen molar-refractivity contribution in [2.75, 3.05) is 25.0 Å². The van der Waals surface area contributed by atoms with Gasteiger partial charge in [-0.2, -0.15) is 0 Å². The van der Waals surface area contributed by atoms with Gasteiger partial charge in [0, 0.05) is 12.2 Å². The number of nitrogens with one attached hydrogen (secondary N) is 2. The van der Waals surface area contributed by atoms with Gasteiger partial charge < -0.3 is 15.4 Å². The fourth-order valence-corrected chi connectivity index (χ4v) is 2.33. The molecule has 0 aromatic heterocycles. The topological polar surface area (TPSA) is 50.4 Å². The molecule has 0 bridgehead atoms. The lowest BCUT2D eigenvalue weighted by atomic mass is 9.98. The Bertz CT molecular complexity index is 479. The van der Waals surface area contributed by atoms with Crippen molar-refractivity contribution in [1.29, 1.82) is 0 Å². The summed E-state index contributed by atoms with van der Waals surface area (Å²) in [5, 5.41) is 6.27. The SMILES string of the molecule is C=CCOc1ccc(NC(=O)C2CCCNC2)c(C)c1. The summed E-state index contributed by atoms with van der Waals surface area (Å²) >= 11 is 0. The van der Waals surface area contributed by atoms with E-state index in [-0.39, 0.29) is 11.8 Å². The summed E-state index contributed by atoms with van der Waals surface area (Å²) in [6.45, 7) is 7.85. The van der Waals surface area contributed by atoms with Crippen LogP contribution in [-0.2, 0) is 4.79 Å². The number of aryl methyl sites for hydroxylation is 1. The van der Waals surface area contributed by atoms with Crippen LogP contribution in [0.3, 0.4) is 0 Å². The van der Waals surface area contributed by atoms with Crippen molar-refractivity contribution < 1.29 is 9.53 Å². The van der Waals surface area contributed by atoms with Gasteiger partial charge in [-0.25, -0.2) is 0 Å². The first kappa shape index (κ1) is 14.6. The molecule has 2 rings (SSSR count). The van der Waals surface area contributed by atoms with Gasteiger partial charge in [0.15, 0.2) is 0 Å². The van der Waals surface area contributed by atoms with Crippen LogP contribution in [0.2, 0.25) is 0 Å². The minimum Gasteiger partial charge on any atom is -0.490 e. The van der Waals surface area contributed by atoms with E-state index in [4.69, 9.17) is 4.74 Å².